The number of carbonyl (C=O) groups is 3. The standard InChI is InChI=1S/C31H36BrN3O4S/c1-4-14-33(3)28(37)24-25-29(38)35(16-8-9-17-36)27(31(25)19-23(32)26(24)40-31)30(39)34(15-5-2)22-13-12-20-10-6-7-11-21(20)18-22/h4-7,10-13,18,23-27,36H,1-2,8-9,14-17,19H2,3H3/t23?,24-,25+,26-,27?,31?/m1/s1. The highest BCUT2D eigenvalue weighted by Crippen LogP contribution is 2.68. The molecule has 3 heterocycles. The number of thioether (sulfide) groups is 1. The van der Waals surface area contributed by atoms with Crippen LogP contribution in [0.15, 0.2) is 67.8 Å². The fraction of sp³-hybridized carbons (Fsp3) is 0.452. The van der Waals surface area contributed by atoms with Gasteiger partial charge in [0.05, 0.1) is 16.6 Å². The van der Waals surface area contributed by atoms with Gasteiger partial charge in [-0.15, -0.1) is 24.9 Å². The van der Waals surface area contributed by atoms with Gasteiger partial charge < -0.3 is 19.8 Å². The third kappa shape index (κ3) is 4.69. The fourth-order valence-corrected chi connectivity index (χ4v) is 10.4. The first-order valence-electron chi connectivity index (χ1n) is 13.8. The number of rotatable bonds is 11. The molecule has 2 aromatic carbocycles. The second-order valence-corrected chi connectivity index (χ2v) is 13.6. The van der Waals surface area contributed by atoms with Crippen LogP contribution in [-0.2, 0) is 14.4 Å². The molecule has 0 saturated carbocycles. The number of aliphatic hydroxyl groups excluding tert-OH is 1. The van der Waals surface area contributed by atoms with E-state index in [1.807, 2.05) is 42.5 Å². The summed E-state index contributed by atoms with van der Waals surface area (Å²) in [6, 6.07) is 13.2. The molecule has 3 fully saturated rings. The van der Waals surface area contributed by atoms with Gasteiger partial charge in [0.1, 0.15) is 6.04 Å². The quantitative estimate of drug-likeness (QED) is 0.229. The van der Waals surface area contributed by atoms with Gasteiger partial charge in [0.15, 0.2) is 0 Å². The van der Waals surface area contributed by atoms with Crippen LogP contribution in [0.3, 0.4) is 0 Å². The van der Waals surface area contributed by atoms with E-state index in [0.29, 0.717) is 38.9 Å². The maximum atomic E-state index is 14.7. The van der Waals surface area contributed by atoms with Crippen LogP contribution in [0, 0.1) is 11.8 Å². The first-order valence-corrected chi connectivity index (χ1v) is 15.6. The number of unbranched alkanes of at least 4 members (excludes halogenated alkanes) is 1. The molecule has 3 amide bonds. The van der Waals surface area contributed by atoms with Crippen molar-refractivity contribution in [2.24, 2.45) is 11.8 Å². The molecule has 9 heteroatoms. The summed E-state index contributed by atoms with van der Waals surface area (Å²) in [7, 11) is 1.74. The smallest absolute Gasteiger partial charge is 0.251 e. The van der Waals surface area contributed by atoms with Gasteiger partial charge in [-0.25, -0.2) is 0 Å². The maximum absolute atomic E-state index is 14.7. The third-order valence-electron chi connectivity index (χ3n) is 8.52. The second kappa shape index (κ2) is 11.7. The summed E-state index contributed by atoms with van der Waals surface area (Å²) in [4.78, 5) is 47.7. The van der Waals surface area contributed by atoms with E-state index in [0.717, 1.165) is 16.5 Å². The Hall–Kier alpha value is -2.62. The third-order valence-corrected chi connectivity index (χ3v) is 11.7. The number of likely N-dealkylation sites (N-methyl/N-ethyl adjacent to an activating group) is 1. The number of aliphatic hydroxyl groups is 1. The zero-order valence-corrected chi connectivity index (χ0v) is 25.1. The van der Waals surface area contributed by atoms with Gasteiger partial charge >= 0.3 is 0 Å². The van der Waals surface area contributed by atoms with Crippen LogP contribution in [-0.4, -0.2) is 86.8 Å². The summed E-state index contributed by atoms with van der Waals surface area (Å²) >= 11 is 5.47. The van der Waals surface area contributed by atoms with E-state index < -0.39 is 22.6 Å². The summed E-state index contributed by atoms with van der Waals surface area (Å²) in [5.41, 5.74) is 0.748. The number of anilines is 1. The Morgan fingerprint density at radius 2 is 1.85 bits per heavy atom. The number of benzene rings is 2. The monoisotopic (exact) mass is 625 g/mol. The molecule has 1 N–H and O–H groups in total. The Balaban J connectivity index is 1.57. The fourth-order valence-electron chi connectivity index (χ4n) is 6.81. The normalized spacial score (nSPS) is 28.5. The lowest BCUT2D eigenvalue weighted by Gasteiger charge is -2.38. The Kier molecular flexibility index (Phi) is 8.45. The van der Waals surface area contributed by atoms with Crippen LogP contribution in [0.2, 0.25) is 0 Å². The maximum Gasteiger partial charge on any atom is 0.251 e. The first kappa shape index (κ1) is 28.9. The van der Waals surface area contributed by atoms with Gasteiger partial charge in [-0.2, -0.15) is 0 Å². The molecule has 7 nitrogen and oxygen atoms in total. The number of nitrogens with zero attached hydrogens (tertiary/aromatic N) is 3. The average molecular weight is 627 g/mol. The number of hydrogen-bond acceptors (Lipinski definition) is 5. The minimum atomic E-state index is -0.729. The van der Waals surface area contributed by atoms with Crippen LogP contribution in [0.1, 0.15) is 19.3 Å². The average Bonchev–Trinajstić information content (AvgIpc) is 3.54. The molecule has 3 unspecified atom stereocenters. The van der Waals surface area contributed by atoms with E-state index in [9.17, 15) is 19.5 Å². The van der Waals surface area contributed by atoms with Crippen LogP contribution in [0.25, 0.3) is 10.8 Å². The SMILES string of the molecule is C=CCN(C)C(=O)[C@H]1[C@@H]2SC3(CC2Br)C(C(=O)N(CC=C)c2ccc4ccccc4c2)N(CCCCO)C(=O)[C@H]13. The minimum Gasteiger partial charge on any atom is -0.396 e. The van der Waals surface area contributed by atoms with E-state index in [2.05, 4.69) is 29.1 Å². The van der Waals surface area contributed by atoms with Gasteiger partial charge in [0, 0.05) is 49.1 Å². The van der Waals surface area contributed by atoms with Crippen molar-refractivity contribution >= 4 is 61.9 Å². The summed E-state index contributed by atoms with van der Waals surface area (Å²) in [5, 5.41) is 11.4. The highest BCUT2D eigenvalue weighted by atomic mass is 79.9. The zero-order chi connectivity index (χ0) is 28.6. The number of amides is 3. The van der Waals surface area contributed by atoms with Gasteiger partial charge in [0.25, 0.3) is 5.91 Å². The molecule has 3 aliphatic rings. The van der Waals surface area contributed by atoms with Crippen molar-refractivity contribution in [3.63, 3.8) is 0 Å². The largest absolute Gasteiger partial charge is 0.396 e. The van der Waals surface area contributed by atoms with E-state index in [4.69, 9.17) is 0 Å². The first-order chi connectivity index (χ1) is 19.3. The molecule has 3 aliphatic heterocycles. The van der Waals surface area contributed by atoms with E-state index in [1.54, 1.807) is 45.7 Å². The van der Waals surface area contributed by atoms with E-state index in [-0.39, 0.29) is 34.4 Å². The second-order valence-electron chi connectivity index (χ2n) is 10.9. The molecular formula is C31H36BrN3O4S. The molecule has 0 aromatic heterocycles. The Labute approximate surface area is 248 Å². The molecule has 5 rings (SSSR count). The van der Waals surface area contributed by atoms with Crippen molar-refractivity contribution in [1.82, 2.24) is 9.80 Å². The lowest BCUT2D eigenvalue weighted by Crippen LogP contribution is -2.56. The van der Waals surface area contributed by atoms with Crippen LogP contribution < -0.4 is 4.90 Å². The molecule has 3 saturated heterocycles. The summed E-state index contributed by atoms with van der Waals surface area (Å²) in [5.74, 6) is -1.47. The molecule has 2 bridgehead atoms. The number of halogens is 1. The lowest BCUT2D eigenvalue weighted by atomic mass is 9.70. The highest BCUT2D eigenvalue weighted by Gasteiger charge is 2.75. The minimum absolute atomic E-state index is 0.00819. The van der Waals surface area contributed by atoms with Gasteiger partial charge in [-0.05, 0) is 42.2 Å². The Morgan fingerprint density at radius 3 is 2.55 bits per heavy atom. The summed E-state index contributed by atoms with van der Waals surface area (Å²) in [6.45, 7) is 8.74. The summed E-state index contributed by atoms with van der Waals surface area (Å²) in [6.07, 6.45) is 5.12. The number of carbonyl (C=O) groups excluding carboxylic acids is 3. The predicted molar refractivity (Wildman–Crippen MR) is 165 cm³/mol. The van der Waals surface area contributed by atoms with Crippen molar-refractivity contribution in [2.45, 2.75) is 40.1 Å². The Morgan fingerprint density at radius 1 is 1.12 bits per heavy atom. The van der Waals surface area contributed by atoms with E-state index in [1.165, 1.54) is 0 Å². The zero-order valence-electron chi connectivity index (χ0n) is 22.7. The van der Waals surface area contributed by atoms with E-state index >= 15 is 0 Å². The van der Waals surface area contributed by atoms with Gasteiger partial charge in [-0.3, -0.25) is 14.4 Å². The number of hydrogen-bond donors (Lipinski definition) is 1. The topological polar surface area (TPSA) is 81.2 Å². The Bertz CT molecular complexity index is 1340. The molecule has 212 valence electrons. The molecule has 0 radical (unpaired) electrons. The highest BCUT2D eigenvalue weighted by molar-refractivity contribution is 9.09. The van der Waals surface area contributed by atoms with Crippen molar-refractivity contribution in [3.05, 3.63) is 67.8 Å². The van der Waals surface area contributed by atoms with Crippen molar-refractivity contribution in [2.75, 3.05) is 38.2 Å². The molecule has 2 aromatic rings. The van der Waals surface area contributed by atoms with Crippen molar-refractivity contribution < 1.29 is 19.5 Å². The molecular weight excluding hydrogens is 590 g/mol. The number of alkyl halides is 1. The van der Waals surface area contributed by atoms with Crippen molar-refractivity contribution in [1.29, 1.82) is 0 Å². The lowest BCUT2D eigenvalue weighted by molar-refractivity contribution is -0.143. The summed E-state index contributed by atoms with van der Waals surface area (Å²) < 4.78 is -0.724. The molecule has 1 spiro atoms. The number of likely N-dealkylation sites (tertiary alicyclic amines) is 1. The predicted octanol–water partition coefficient (Wildman–Crippen LogP) is 4.24. The van der Waals surface area contributed by atoms with Gasteiger partial charge in [0.2, 0.25) is 11.8 Å². The number of fused-ring (bicyclic) bond motifs is 2. The van der Waals surface area contributed by atoms with Crippen LogP contribution in [0.5, 0.6) is 0 Å². The molecule has 6 atom stereocenters. The molecule has 0 aliphatic carbocycles. The van der Waals surface area contributed by atoms with Crippen molar-refractivity contribution in [3.8, 4) is 0 Å². The van der Waals surface area contributed by atoms with Crippen LogP contribution >= 0.6 is 27.7 Å². The van der Waals surface area contributed by atoms with Gasteiger partial charge in [-0.1, -0.05) is 58.4 Å². The molecule has 40 heavy (non-hydrogen) atoms. The van der Waals surface area contributed by atoms with Crippen LogP contribution in [0.4, 0.5) is 5.69 Å².